The van der Waals surface area contributed by atoms with Gasteiger partial charge < -0.3 is 15.0 Å². The lowest BCUT2D eigenvalue weighted by Gasteiger charge is -2.08. The van der Waals surface area contributed by atoms with E-state index in [1.807, 2.05) is 12.1 Å². The molecule has 0 radical (unpaired) electrons. The van der Waals surface area contributed by atoms with Crippen molar-refractivity contribution >= 4 is 17.0 Å². The summed E-state index contributed by atoms with van der Waals surface area (Å²) >= 11 is 0. The Labute approximate surface area is 142 Å². The number of anilines is 1. The average Bonchev–Trinajstić information content (AvgIpc) is 3.12. The van der Waals surface area contributed by atoms with E-state index in [4.69, 9.17) is 4.74 Å². The van der Waals surface area contributed by atoms with Gasteiger partial charge in [0.2, 0.25) is 5.88 Å². The Morgan fingerprint density at radius 2 is 1.92 bits per heavy atom. The molecule has 4 rings (SSSR count). The molecule has 4 aromatic rings. The molecule has 1 aromatic carbocycles. The second-order valence-electron chi connectivity index (χ2n) is 5.24. The summed E-state index contributed by atoms with van der Waals surface area (Å²) in [6.07, 6.45) is 4.69. The number of imidazole rings is 1. The predicted octanol–water partition coefficient (Wildman–Crippen LogP) is 3.29. The van der Waals surface area contributed by atoms with Crippen LogP contribution in [0, 0.1) is 5.82 Å². The first-order chi connectivity index (χ1) is 12.3. The minimum Gasteiger partial charge on any atom is -0.439 e. The van der Waals surface area contributed by atoms with Crippen molar-refractivity contribution in [2.24, 2.45) is 0 Å². The van der Waals surface area contributed by atoms with E-state index in [1.165, 1.54) is 18.5 Å². The molecule has 2 N–H and O–H groups in total. The van der Waals surface area contributed by atoms with E-state index in [0.29, 0.717) is 29.6 Å². The third kappa shape index (κ3) is 3.37. The number of aromatic nitrogens is 5. The predicted molar refractivity (Wildman–Crippen MR) is 89.7 cm³/mol. The van der Waals surface area contributed by atoms with Gasteiger partial charge in [0.25, 0.3) is 0 Å². The van der Waals surface area contributed by atoms with Crippen LogP contribution in [0.25, 0.3) is 11.2 Å². The van der Waals surface area contributed by atoms with Gasteiger partial charge in [-0.25, -0.2) is 24.3 Å². The van der Waals surface area contributed by atoms with Crippen LogP contribution in [0.1, 0.15) is 5.56 Å². The van der Waals surface area contributed by atoms with Crippen LogP contribution in [-0.2, 0) is 6.54 Å². The van der Waals surface area contributed by atoms with Gasteiger partial charge in [-0.3, -0.25) is 0 Å². The molecular weight excluding hydrogens is 323 g/mol. The molecule has 0 atom stereocenters. The van der Waals surface area contributed by atoms with E-state index in [0.717, 1.165) is 11.1 Å². The highest BCUT2D eigenvalue weighted by atomic mass is 19.1. The molecular formula is C17H13FN6O. The molecule has 124 valence electrons. The summed E-state index contributed by atoms with van der Waals surface area (Å²) in [4.78, 5) is 19.6. The minimum atomic E-state index is -0.312. The monoisotopic (exact) mass is 336 g/mol. The van der Waals surface area contributed by atoms with Crippen LogP contribution in [0.2, 0.25) is 0 Å². The van der Waals surface area contributed by atoms with Gasteiger partial charge in [-0.05, 0) is 35.9 Å². The number of aromatic amines is 1. The maximum atomic E-state index is 12.9. The zero-order valence-corrected chi connectivity index (χ0v) is 13.0. The number of benzene rings is 1. The molecule has 0 aliphatic rings. The van der Waals surface area contributed by atoms with E-state index >= 15 is 0 Å². The number of ether oxygens (including phenoxy) is 1. The van der Waals surface area contributed by atoms with Gasteiger partial charge in [-0.2, -0.15) is 0 Å². The van der Waals surface area contributed by atoms with Crippen molar-refractivity contribution in [3.8, 4) is 11.6 Å². The van der Waals surface area contributed by atoms with Crippen molar-refractivity contribution in [3.05, 3.63) is 66.6 Å². The van der Waals surface area contributed by atoms with Gasteiger partial charge in [-0.1, -0.05) is 0 Å². The number of fused-ring (bicyclic) bond motifs is 1. The van der Waals surface area contributed by atoms with Gasteiger partial charge in [-0.15, -0.1) is 0 Å². The molecule has 3 heterocycles. The molecule has 0 unspecified atom stereocenters. The summed E-state index contributed by atoms with van der Waals surface area (Å²) in [7, 11) is 0. The second kappa shape index (κ2) is 6.52. The normalized spacial score (nSPS) is 10.8. The number of pyridine rings is 1. The highest BCUT2D eigenvalue weighted by molar-refractivity contribution is 5.81. The zero-order chi connectivity index (χ0) is 17.1. The van der Waals surface area contributed by atoms with Crippen LogP contribution in [-0.4, -0.2) is 24.9 Å². The number of hydrogen-bond donors (Lipinski definition) is 2. The Morgan fingerprint density at radius 3 is 2.80 bits per heavy atom. The Kier molecular flexibility index (Phi) is 3.91. The van der Waals surface area contributed by atoms with Crippen LogP contribution < -0.4 is 10.1 Å². The van der Waals surface area contributed by atoms with E-state index < -0.39 is 0 Å². The number of rotatable bonds is 5. The molecule has 0 aliphatic heterocycles. The zero-order valence-electron chi connectivity index (χ0n) is 13.0. The molecule has 8 heteroatoms. The van der Waals surface area contributed by atoms with Crippen LogP contribution in [0.4, 0.5) is 10.2 Å². The van der Waals surface area contributed by atoms with Gasteiger partial charge in [0, 0.05) is 18.8 Å². The van der Waals surface area contributed by atoms with Crippen molar-refractivity contribution in [3.63, 3.8) is 0 Å². The van der Waals surface area contributed by atoms with Crippen LogP contribution >= 0.6 is 0 Å². The first kappa shape index (κ1) is 15.0. The second-order valence-corrected chi connectivity index (χ2v) is 5.24. The maximum Gasteiger partial charge on any atom is 0.219 e. The average molecular weight is 336 g/mol. The summed E-state index contributed by atoms with van der Waals surface area (Å²) < 4.78 is 18.6. The fraction of sp³-hybridized carbons (Fsp3) is 0.0588. The highest BCUT2D eigenvalue weighted by Gasteiger charge is 2.06. The van der Waals surface area contributed by atoms with Crippen LogP contribution in [0.5, 0.6) is 11.6 Å². The fourth-order valence-electron chi connectivity index (χ4n) is 2.32. The lowest BCUT2D eigenvalue weighted by molar-refractivity contribution is 0.460. The van der Waals surface area contributed by atoms with E-state index in [1.54, 1.807) is 24.7 Å². The van der Waals surface area contributed by atoms with E-state index in [-0.39, 0.29) is 5.82 Å². The third-order valence-corrected chi connectivity index (χ3v) is 3.52. The molecule has 0 spiro atoms. The lowest BCUT2D eigenvalue weighted by atomic mass is 10.2. The van der Waals surface area contributed by atoms with Gasteiger partial charge >= 0.3 is 0 Å². The number of hydrogen-bond acceptors (Lipinski definition) is 6. The third-order valence-electron chi connectivity index (χ3n) is 3.52. The SMILES string of the molecule is Fc1ccc(Oc2cc(CNc3ncnc4nc[nH]c34)ccn2)cc1. The molecule has 0 aliphatic carbocycles. The van der Waals surface area contributed by atoms with E-state index in [2.05, 4.69) is 30.2 Å². The molecule has 0 saturated carbocycles. The molecule has 0 bridgehead atoms. The minimum absolute atomic E-state index is 0.312. The smallest absolute Gasteiger partial charge is 0.219 e. The molecule has 3 aromatic heterocycles. The first-order valence-corrected chi connectivity index (χ1v) is 7.54. The summed E-state index contributed by atoms with van der Waals surface area (Å²) in [5.41, 5.74) is 2.31. The van der Waals surface area contributed by atoms with Crippen molar-refractivity contribution in [1.82, 2.24) is 24.9 Å². The van der Waals surface area contributed by atoms with Crippen LogP contribution in [0.15, 0.2) is 55.2 Å². The maximum absolute atomic E-state index is 12.9. The number of halogens is 1. The number of nitrogens with one attached hydrogen (secondary N) is 2. The summed E-state index contributed by atoms with van der Waals surface area (Å²) in [6.45, 7) is 0.521. The first-order valence-electron chi connectivity index (χ1n) is 7.54. The van der Waals surface area contributed by atoms with Crippen LogP contribution in [0.3, 0.4) is 0 Å². The van der Waals surface area contributed by atoms with Crippen molar-refractivity contribution in [2.75, 3.05) is 5.32 Å². The summed E-state index contributed by atoms with van der Waals surface area (Å²) in [5.74, 6) is 1.31. The topological polar surface area (TPSA) is 88.6 Å². The molecule has 7 nitrogen and oxygen atoms in total. The highest BCUT2D eigenvalue weighted by Crippen LogP contribution is 2.21. The van der Waals surface area contributed by atoms with Gasteiger partial charge in [0.1, 0.15) is 23.4 Å². The summed E-state index contributed by atoms with van der Waals surface area (Å²) in [6, 6.07) is 9.46. The fourth-order valence-corrected chi connectivity index (χ4v) is 2.32. The lowest BCUT2D eigenvalue weighted by Crippen LogP contribution is -2.03. The largest absolute Gasteiger partial charge is 0.439 e. The number of nitrogens with zero attached hydrogens (tertiary/aromatic N) is 4. The van der Waals surface area contributed by atoms with E-state index in [9.17, 15) is 4.39 Å². The van der Waals surface area contributed by atoms with Gasteiger partial charge in [0.05, 0.1) is 6.33 Å². The molecule has 0 fully saturated rings. The Bertz CT molecular complexity index is 1000. The Hall–Kier alpha value is -3.55. The standard InChI is InChI=1S/C17H13FN6O/c18-12-1-3-13(4-2-12)25-14-7-11(5-6-19-14)8-20-16-15-17(22-9-21-15)24-10-23-16/h1-7,9-10H,8H2,(H2,20,21,22,23,24). The summed E-state index contributed by atoms with van der Waals surface area (Å²) in [5, 5.41) is 3.23. The van der Waals surface area contributed by atoms with Gasteiger partial charge in [0.15, 0.2) is 11.5 Å². The Morgan fingerprint density at radius 1 is 1.04 bits per heavy atom. The molecule has 25 heavy (non-hydrogen) atoms. The number of H-pyrrole nitrogens is 1. The Balaban J connectivity index is 1.48. The van der Waals surface area contributed by atoms with Crippen molar-refractivity contribution in [1.29, 1.82) is 0 Å². The molecule has 0 amide bonds. The quantitative estimate of drug-likeness (QED) is 0.581. The van der Waals surface area contributed by atoms with Crippen molar-refractivity contribution < 1.29 is 9.13 Å². The molecule has 0 saturated heterocycles. The van der Waals surface area contributed by atoms with Crippen molar-refractivity contribution in [2.45, 2.75) is 6.54 Å².